The average Bonchev–Trinajstić information content (AvgIpc) is 2.80. The van der Waals surface area contributed by atoms with Gasteiger partial charge in [-0.2, -0.15) is 0 Å². The van der Waals surface area contributed by atoms with Gasteiger partial charge in [0.25, 0.3) is 0 Å². The number of rotatable bonds is 3. The number of nitrogens with zero attached hydrogens (tertiary/aromatic N) is 1. The predicted molar refractivity (Wildman–Crippen MR) is 92.2 cm³/mol. The van der Waals surface area contributed by atoms with Gasteiger partial charge in [0.1, 0.15) is 6.04 Å². The van der Waals surface area contributed by atoms with Crippen molar-refractivity contribution < 1.29 is 9.59 Å². The van der Waals surface area contributed by atoms with Crippen LogP contribution in [0.5, 0.6) is 0 Å². The molecule has 5 nitrogen and oxygen atoms in total. The molecule has 2 bridgehead atoms. The minimum Gasteiger partial charge on any atom is -0.344 e. The first-order valence-electron chi connectivity index (χ1n) is 8.83. The average molecular weight is 344 g/mol. The predicted octanol–water partition coefficient (Wildman–Crippen LogP) is 1.69. The molecule has 132 valence electrons. The van der Waals surface area contributed by atoms with Crippen molar-refractivity contribution in [1.82, 2.24) is 10.2 Å². The molecule has 3 atom stereocenters. The lowest BCUT2D eigenvalue weighted by molar-refractivity contribution is -0.136. The highest BCUT2D eigenvalue weighted by atomic mass is 35.5. The molecule has 0 spiro atoms. The van der Waals surface area contributed by atoms with Crippen LogP contribution in [0.25, 0.3) is 0 Å². The number of halogens is 1. The highest BCUT2D eigenvalue weighted by Crippen LogP contribution is 2.42. The summed E-state index contributed by atoms with van der Waals surface area (Å²) in [5.74, 6) is 1.20. The summed E-state index contributed by atoms with van der Waals surface area (Å²) in [4.78, 5) is 26.8. The summed E-state index contributed by atoms with van der Waals surface area (Å²) >= 11 is 0. The lowest BCUT2D eigenvalue weighted by Crippen LogP contribution is -2.51. The van der Waals surface area contributed by atoms with Crippen LogP contribution in [-0.2, 0) is 9.59 Å². The molecule has 6 heteroatoms. The number of carbonyl (C=O) groups excluding carboxylic acids is 2. The zero-order valence-electron chi connectivity index (χ0n) is 14.2. The zero-order valence-corrected chi connectivity index (χ0v) is 15.0. The van der Waals surface area contributed by atoms with Gasteiger partial charge in [-0.05, 0) is 57.8 Å². The van der Waals surface area contributed by atoms with Gasteiger partial charge in [0.15, 0.2) is 0 Å². The standard InChI is InChI=1S/C17H29N3O2.ClH/c1-10(2)20-7-6-14(17(20)22)19-16(21)13-8-11-4-3-5-12(9-13)15(11)18;/h10-15H,3-9,18H2,1-2H3,(H,19,21);1H. The van der Waals surface area contributed by atoms with Gasteiger partial charge in [0, 0.05) is 24.5 Å². The number of hydrogen-bond acceptors (Lipinski definition) is 3. The minimum atomic E-state index is -0.314. The molecule has 3 aliphatic rings. The Kier molecular flexibility index (Phi) is 5.95. The van der Waals surface area contributed by atoms with E-state index in [1.54, 1.807) is 0 Å². The minimum absolute atomic E-state index is 0. The quantitative estimate of drug-likeness (QED) is 0.818. The van der Waals surface area contributed by atoms with E-state index in [1.165, 1.54) is 6.42 Å². The Bertz CT molecular complexity index is 443. The van der Waals surface area contributed by atoms with Crippen molar-refractivity contribution in [2.75, 3.05) is 6.54 Å². The van der Waals surface area contributed by atoms with E-state index < -0.39 is 0 Å². The molecular weight excluding hydrogens is 314 g/mol. The number of fused-ring (bicyclic) bond motifs is 2. The maximum Gasteiger partial charge on any atom is 0.245 e. The lowest BCUT2D eigenvalue weighted by Gasteiger charge is -2.43. The summed E-state index contributed by atoms with van der Waals surface area (Å²) in [6, 6.07) is 0.175. The third-order valence-corrected chi connectivity index (χ3v) is 5.96. The molecule has 0 aromatic heterocycles. The van der Waals surface area contributed by atoms with Crippen LogP contribution in [0.4, 0.5) is 0 Å². The smallest absolute Gasteiger partial charge is 0.245 e. The second kappa shape index (κ2) is 7.39. The number of nitrogens with two attached hydrogens (primary N) is 1. The molecule has 3 N–H and O–H groups in total. The Balaban J connectivity index is 0.00000192. The van der Waals surface area contributed by atoms with Crippen molar-refractivity contribution >= 4 is 24.2 Å². The fourth-order valence-electron chi connectivity index (χ4n) is 4.64. The third kappa shape index (κ3) is 3.66. The van der Waals surface area contributed by atoms with Gasteiger partial charge in [-0.3, -0.25) is 9.59 Å². The molecule has 3 rings (SSSR count). The van der Waals surface area contributed by atoms with Crippen LogP contribution < -0.4 is 11.1 Å². The van der Waals surface area contributed by atoms with Crippen LogP contribution in [0.15, 0.2) is 0 Å². The van der Waals surface area contributed by atoms with Gasteiger partial charge in [0.05, 0.1) is 0 Å². The van der Waals surface area contributed by atoms with Crippen LogP contribution in [0.2, 0.25) is 0 Å². The van der Waals surface area contributed by atoms with Crippen molar-refractivity contribution in [3.63, 3.8) is 0 Å². The van der Waals surface area contributed by atoms with E-state index in [9.17, 15) is 9.59 Å². The summed E-state index contributed by atoms with van der Waals surface area (Å²) < 4.78 is 0. The van der Waals surface area contributed by atoms with Crippen molar-refractivity contribution in [3.05, 3.63) is 0 Å². The molecule has 0 radical (unpaired) electrons. The zero-order chi connectivity index (χ0) is 15.9. The van der Waals surface area contributed by atoms with E-state index >= 15 is 0 Å². The van der Waals surface area contributed by atoms with Gasteiger partial charge in [-0.25, -0.2) is 0 Å². The van der Waals surface area contributed by atoms with E-state index in [-0.39, 0.29) is 48.3 Å². The molecule has 23 heavy (non-hydrogen) atoms. The number of carbonyl (C=O) groups is 2. The molecule has 1 aliphatic heterocycles. The summed E-state index contributed by atoms with van der Waals surface area (Å²) in [5, 5.41) is 3.02. The Morgan fingerprint density at radius 3 is 2.35 bits per heavy atom. The molecule has 3 fully saturated rings. The van der Waals surface area contributed by atoms with Crippen LogP contribution >= 0.6 is 12.4 Å². The lowest BCUT2D eigenvalue weighted by atomic mass is 9.65. The van der Waals surface area contributed by atoms with Gasteiger partial charge in [-0.15, -0.1) is 12.4 Å². The van der Waals surface area contributed by atoms with E-state index in [0.29, 0.717) is 11.8 Å². The maximum absolute atomic E-state index is 12.6. The first-order valence-corrected chi connectivity index (χ1v) is 8.83. The normalized spacial score (nSPS) is 36.8. The van der Waals surface area contributed by atoms with E-state index in [4.69, 9.17) is 5.73 Å². The van der Waals surface area contributed by atoms with Crippen molar-refractivity contribution in [2.24, 2.45) is 23.5 Å². The number of hydrogen-bond donors (Lipinski definition) is 2. The van der Waals surface area contributed by atoms with Crippen LogP contribution in [0.3, 0.4) is 0 Å². The maximum atomic E-state index is 12.6. The fourth-order valence-corrected chi connectivity index (χ4v) is 4.64. The SMILES string of the molecule is CC(C)N1CCC(NC(=O)C2CC3CCCC(C2)C3N)C1=O.Cl. The second-order valence-electron chi connectivity index (χ2n) is 7.67. The molecular formula is C17H30ClN3O2. The van der Waals surface area contributed by atoms with Gasteiger partial charge in [0.2, 0.25) is 11.8 Å². The van der Waals surface area contributed by atoms with E-state index in [2.05, 4.69) is 5.32 Å². The van der Waals surface area contributed by atoms with Crippen molar-refractivity contribution in [3.8, 4) is 0 Å². The highest BCUT2D eigenvalue weighted by Gasteiger charge is 2.42. The summed E-state index contributed by atoms with van der Waals surface area (Å²) in [6.07, 6.45) is 6.11. The Morgan fingerprint density at radius 2 is 1.83 bits per heavy atom. The van der Waals surface area contributed by atoms with Crippen molar-refractivity contribution in [1.29, 1.82) is 0 Å². The summed E-state index contributed by atoms with van der Waals surface area (Å²) in [6.45, 7) is 4.79. The van der Waals surface area contributed by atoms with Gasteiger partial charge >= 0.3 is 0 Å². The molecule has 1 saturated heterocycles. The molecule has 0 aromatic rings. The summed E-state index contributed by atoms with van der Waals surface area (Å²) in [7, 11) is 0. The summed E-state index contributed by atoms with van der Waals surface area (Å²) in [5.41, 5.74) is 6.29. The Hall–Kier alpha value is -0.810. The molecule has 1 heterocycles. The molecule has 2 aliphatic carbocycles. The number of likely N-dealkylation sites (tertiary alicyclic amines) is 1. The second-order valence-corrected chi connectivity index (χ2v) is 7.67. The largest absolute Gasteiger partial charge is 0.344 e. The van der Waals surface area contributed by atoms with E-state index in [0.717, 1.165) is 38.6 Å². The number of nitrogens with one attached hydrogen (secondary N) is 1. The third-order valence-electron chi connectivity index (χ3n) is 5.96. The fraction of sp³-hybridized carbons (Fsp3) is 0.882. The monoisotopic (exact) mass is 343 g/mol. The van der Waals surface area contributed by atoms with Gasteiger partial charge < -0.3 is 16.0 Å². The molecule has 2 amide bonds. The highest BCUT2D eigenvalue weighted by molar-refractivity contribution is 5.90. The van der Waals surface area contributed by atoms with Crippen molar-refractivity contribution in [2.45, 2.75) is 70.5 Å². The molecule has 2 saturated carbocycles. The molecule has 3 unspecified atom stereocenters. The van der Waals surface area contributed by atoms with Crippen LogP contribution in [-0.4, -0.2) is 41.4 Å². The number of amides is 2. The van der Waals surface area contributed by atoms with E-state index in [1.807, 2.05) is 18.7 Å². The van der Waals surface area contributed by atoms with Crippen LogP contribution in [0, 0.1) is 17.8 Å². The topological polar surface area (TPSA) is 75.4 Å². The van der Waals surface area contributed by atoms with Crippen LogP contribution in [0.1, 0.15) is 52.4 Å². The Labute approximate surface area is 145 Å². The first kappa shape index (κ1) is 18.5. The Morgan fingerprint density at radius 1 is 1.22 bits per heavy atom. The molecule has 0 aromatic carbocycles. The van der Waals surface area contributed by atoms with Gasteiger partial charge in [-0.1, -0.05) is 6.42 Å². The first-order chi connectivity index (χ1) is 10.5.